The molecule has 0 saturated carbocycles. The normalized spacial score (nSPS) is 12.7. The average molecular weight is 283 g/mol. The topological polar surface area (TPSA) is 37.8 Å². The molecule has 1 unspecified atom stereocenters. The van der Waals surface area contributed by atoms with Crippen LogP contribution in [0.15, 0.2) is 41.9 Å². The highest BCUT2D eigenvalue weighted by atomic mass is 32.1. The van der Waals surface area contributed by atoms with E-state index in [2.05, 4.69) is 51.9 Å². The van der Waals surface area contributed by atoms with E-state index >= 15 is 0 Å². The highest BCUT2D eigenvalue weighted by molar-refractivity contribution is 7.09. The maximum Gasteiger partial charge on any atom is 0.110 e. The smallest absolute Gasteiger partial charge is 0.110 e. The van der Waals surface area contributed by atoms with Gasteiger partial charge in [-0.3, -0.25) is 4.98 Å². The third-order valence-corrected chi connectivity index (χ3v) is 4.47. The second-order valence-electron chi connectivity index (χ2n) is 4.92. The molecule has 0 aliphatic heterocycles. The van der Waals surface area contributed by atoms with Crippen LogP contribution in [-0.2, 0) is 6.54 Å². The number of aryl methyl sites for hydroxylation is 1. The van der Waals surface area contributed by atoms with Crippen molar-refractivity contribution in [3.8, 4) is 0 Å². The van der Waals surface area contributed by atoms with Gasteiger partial charge in [0.1, 0.15) is 5.01 Å². The molecule has 4 heteroatoms. The average Bonchev–Trinajstić information content (AvgIpc) is 2.91. The Hall–Kier alpha value is -1.78. The van der Waals surface area contributed by atoms with Crippen LogP contribution >= 0.6 is 11.3 Å². The molecule has 20 heavy (non-hydrogen) atoms. The molecule has 0 spiro atoms. The summed E-state index contributed by atoms with van der Waals surface area (Å²) < 4.78 is 0. The Kier molecular flexibility index (Phi) is 3.76. The number of para-hydroxylation sites is 1. The molecule has 0 fully saturated rings. The Bertz CT molecular complexity index is 715. The fraction of sp³-hybridized carbons (Fsp3) is 0.250. The summed E-state index contributed by atoms with van der Waals surface area (Å²) in [5.74, 6) is 0. The molecule has 1 atom stereocenters. The van der Waals surface area contributed by atoms with Crippen molar-refractivity contribution in [1.82, 2.24) is 15.3 Å². The molecule has 2 aromatic heterocycles. The minimum Gasteiger partial charge on any atom is -0.304 e. The van der Waals surface area contributed by atoms with Crippen molar-refractivity contribution in [3.05, 3.63) is 58.2 Å². The highest BCUT2D eigenvalue weighted by Gasteiger charge is 2.09. The van der Waals surface area contributed by atoms with E-state index in [1.807, 2.05) is 19.2 Å². The lowest BCUT2D eigenvalue weighted by Crippen LogP contribution is -2.18. The number of benzene rings is 1. The first-order valence-electron chi connectivity index (χ1n) is 6.72. The van der Waals surface area contributed by atoms with Crippen molar-refractivity contribution in [1.29, 1.82) is 0 Å². The summed E-state index contributed by atoms with van der Waals surface area (Å²) in [6.45, 7) is 4.98. The number of rotatable bonds is 4. The number of hydrogen-bond acceptors (Lipinski definition) is 4. The molecular formula is C16H17N3S. The Morgan fingerprint density at radius 3 is 2.90 bits per heavy atom. The zero-order valence-electron chi connectivity index (χ0n) is 11.6. The van der Waals surface area contributed by atoms with Gasteiger partial charge in [-0.25, -0.2) is 4.98 Å². The van der Waals surface area contributed by atoms with E-state index in [0.717, 1.165) is 22.8 Å². The lowest BCUT2D eigenvalue weighted by molar-refractivity contribution is 0.572. The fourth-order valence-electron chi connectivity index (χ4n) is 2.23. The number of nitrogens with one attached hydrogen (secondary N) is 1. The second kappa shape index (κ2) is 5.69. The predicted molar refractivity (Wildman–Crippen MR) is 83.8 cm³/mol. The summed E-state index contributed by atoms with van der Waals surface area (Å²) in [5.41, 5.74) is 3.39. The summed E-state index contributed by atoms with van der Waals surface area (Å²) in [6.07, 6.45) is 1.85. The van der Waals surface area contributed by atoms with Gasteiger partial charge in [0, 0.05) is 29.2 Å². The van der Waals surface area contributed by atoms with E-state index in [1.54, 1.807) is 11.3 Å². The van der Waals surface area contributed by atoms with Crippen LogP contribution in [0, 0.1) is 6.92 Å². The highest BCUT2D eigenvalue weighted by Crippen LogP contribution is 2.20. The molecule has 0 bridgehead atoms. The van der Waals surface area contributed by atoms with Gasteiger partial charge in [-0.2, -0.15) is 0 Å². The fourth-order valence-corrected chi connectivity index (χ4v) is 3.06. The zero-order chi connectivity index (χ0) is 13.9. The van der Waals surface area contributed by atoms with E-state index in [0.29, 0.717) is 0 Å². The Morgan fingerprint density at radius 1 is 1.25 bits per heavy atom. The maximum atomic E-state index is 4.53. The van der Waals surface area contributed by atoms with E-state index in [9.17, 15) is 0 Å². The number of hydrogen-bond donors (Lipinski definition) is 1. The molecule has 3 nitrogen and oxygen atoms in total. The molecule has 0 aliphatic rings. The van der Waals surface area contributed by atoms with Crippen molar-refractivity contribution in [2.75, 3.05) is 0 Å². The molecule has 0 radical (unpaired) electrons. The van der Waals surface area contributed by atoms with Crippen LogP contribution in [0.2, 0.25) is 0 Å². The first-order chi connectivity index (χ1) is 9.74. The molecule has 0 saturated heterocycles. The van der Waals surface area contributed by atoms with Gasteiger partial charge in [0.25, 0.3) is 0 Å². The van der Waals surface area contributed by atoms with Crippen LogP contribution in [0.4, 0.5) is 0 Å². The van der Waals surface area contributed by atoms with E-state index in [4.69, 9.17) is 0 Å². The van der Waals surface area contributed by atoms with E-state index in [1.165, 1.54) is 10.9 Å². The van der Waals surface area contributed by atoms with Gasteiger partial charge in [0.15, 0.2) is 0 Å². The van der Waals surface area contributed by atoms with Gasteiger partial charge in [-0.1, -0.05) is 24.3 Å². The van der Waals surface area contributed by atoms with Crippen molar-refractivity contribution in [2.24, 2.45) is 0 Å². The van der Waals surface area contributed by atoms with E-state index < -0.39 is 0 Å². The van der Waals surface area contributed by atoms with Gasteiger partial charge in [0.2, 0.25) is 0 Å². The zero-order valence-corrected chi connectivity index (χ0v) is 12.4. The van der Waals surface area contributed by atoms with Gasteiger partial charge in [0.05, 0.1) is 11.6 Å². The Labute approximate surface area is 122 Å². The molecule has 102 valence electrons. The summed E-state index contributed by atoms with van der Waals surface area (Å²) in [6, 6.07) is 10.6. The summed E-state index contributed by atoms with van der Waals surface area (Å²) in [4.78, 5) is 9.01. The van der Waals surface area contributed by atoms with Crippen LogP contribution in [-0.4, -0.2) is 9.97 Å². The Morgan fingerprint density at radius 2 is 2.10 bits per heavy atom. The van der Waals surface area contributed by atoms with Crippen molar-refractivity contribution in [3.63, 3.8) is 0 Å². The van der Waals surface area contributed by atoms with Gasteiger partial charge in [-0.15, -0.1) is 11.3 Å². The molecule has 3 aromatic rings. The summed E-state index contributed by atoms with van der Waals surface area (Å²) in [7, 11) is 0. The number of fused-ring (bicyclic) bond motifs is 1. The summed E-state index contributed by atoms with van der Waals surface area (Å²) in [5, 5.41) is 7.94. The lowest BCUT2D eigenvalue weighted by Gasteiger charge is -2.12. The van der Waals surface area contributed by atoms with Crippen LogP contribution < -0.4 is 5.32 Å². The van der Waals surface area contributed by atoms with Crippen LogP contribution in [0.25, 0.3) is 10.9 Å². The molecule has 1 aromatic carbocycles. The molecule has 2 heterocycles. The number of aromatic nitrogens is 2. The number of thiazole rings is 1. The minimum atomic E-state index is 0.257. The van der Waals surface area contributed by atoms with Gasteiger partial charge < -0.3 is 5.32 Å². The second-order valence-corrected chi connectivity index (χ2v) is 5.81. The maximum absolute atomic E-state index is 4.53. The monoisotopic (exact) mass is 283 g/mol. The quantitative estimate of drug-likeness (QED) is 0.790. The third kappa shape index (κ3) is 2.71. The first-order valence-corrected chi connectivity index (χ1v) is 7.60. The molecule has 0 aliphatic carbocycles. The summed E-state index contributed by atoms with van der Waals surface area (Å²) >= 11 is 1.71. The number of nitrogens with zero attached hydrogens (tertiary/aromatic N) is 2. The van der Waals surface area contributed by atoms with Crippen molar-refractivity contribution >= 4 is 22.2 Å². The molecular weight excluding hydrogens is 266 g/mol. The largest absolute Gasteiger partial charge is 0.304 e. The molecule has 0 amide bonds. The third-order valence-electron chi connectivity index (χ3n) is 3.32. The van der Waals surface area contributed by atoms with E-state index in [-0.39, 0.29) is 6.04 Å². The minimum absolute atomic E-state index is 0.257. The van der Waals surface area contributed by atoms with Crippen LogP contribution in [0.3, 0.4) is 0 Å². The van der Waals surface area contributed by atoms with Crippen LogP contribution in [0.1, 0.15) is 29.2 Å². The van der Waals surface area contributed by atoms with Crippen molar-refractivity contribution < 1.29 is 0 Å². The van der Waals surface area contributed by atoms with Crippen molar-refractivity contribution in [2.45, 2.75) is 26.4 Å². The standard InChI is InChI=1S/C16H17N3S/c1-11-10-20-16(19-11)12(2)18-9-14-6-3-5-13-7-4-8-17-15(13)14/h3-8,10,12,18H,9H2,1-2H3. The predicted octanol–water partition coefficient (Wildman–Crippen LogP) is 3.85. The first kappa shape index (κ1) is 13.2. The van der Waals surface area contributed by atoms with Gasteiger partial charge in [-0.05, 0) is 25.5 Å². The molecule has 3 rings (SSSR count). The molecule has 1 N–H and O–H groups in total. The lowest BCUT2D eigenvalue weighted by atomic mass is 10.1. The van der Waals surface area contributed by atoms with Gasteiger partial charge >= 0.3 is 0 Å². The Balaban J connectivity index is 1.77. The number of pyridine rings is 1. The van der Waals surface area contributed by atoms with Crippen LogP contribution in [0.5, 0.6) is 0 Å². The SMILES string of the molecule is Cc1csc(C(C)NCc2cccc3cccnc23)n1.